The molecule has 0 aliphatic carbocycles. The summed E-state index contributed by atoms with van der Waals surface area (Å²) in [6.45, 7) is 6.51. The number of unbranched alkanes of at least 4 members (excludes halogenated alkanes) is 29. The fraction of sp³-hybridized carbons (Fsp3) is 0.758. The van der Waals surface area contributed by atoms with Crippen molar-refractivity contribution >= 4 is 17.9 Å². The van der Waals surface area contributed by atoms with E-state index in [4.69, 9.17) is 14.2 Å². The molecule has 0 bridgehead atoms. The molecule has 0 amide bonds. The molecule has 0 rings (SSSR count). The average molecular weight is 950 g/mol. The third-order valence-electron chi connectivity index (χ3n) is 12.4. The SMILES string of the molecule is CC/C=C\C/C=C\C/C=C\C/C=C\C/C=C\CCCCCC(=O)OCC(COC(=O)CCCCCCCCCCCCCC)OC(=O)CCCCCCCCCCC/C=C\CCCCCCCC. The van der Waals surface area contributed by atoms with Crippen LogP contribution in [0.1, 0.15) is 284 Å². The van der Waals surface area contributed by atoms with Crippen molar-refractivity contribution in [2.24, 2.45) is 0 Å². The van der Waals surface area contributed by atoms with Gasteiger partial charge in [-0.1, -0.05) is 248 Å². The lowest BCUT2D eigenvalue weighted by molar-refractivity contribution is -0.167. The summed E-state index contributed by atoms with van der Waals surface area (Å²) in [5, 5.41) is 0. The molecule has 0 fully saturated rings. The minimum absolute atomic E-state index is 0.0845. The predicted molar refractivity (Wildman–Crippen MR) is 293 cm³/mol. The second-order valence-corrected chi connectivity index (χ2v) is 19.2. The molecule has 0 saturated carbocycles. The van der Waals surface area contributed by atoms with E-state index in [-0.39, 0.29) is 31.1 Å². The Balaban J connectivity index is 4.40. The third-order valence-corrected chi connectivity index (χ3v) is 12.4. The molecule has 1 atom stereocenters. The first-order chi connectivity index (χ1) is 33.5. The summed E-state index contributed by atoms with van der Waals surface area (Å²) >= 11 is 0. The molecule has 0 spiro atoms. The minimum atomic E-state index is -0.788. The Labute approximate surface area is 421 Å². The molecule has 392 valence electrons. The molecule has 1 unspecified atom stereocenters. The van der Waals surface area contributed by atoms with Crippen LogP contribution in [0.3, 0.4) is 0 Å². The Hall–Kier alpha value is -3.15. The Bertz CT molecular complexity index is 1270. The summed E-state index contributed by atoms with van der Waals surface area (Å²) in [7, 11) is 0. The van der Waals surface area contributed by atoms with Crippen molar-refractivity contribution in [3.8, 4) is 0 Å². The van der Waals surface area contributed by atoms with Crippen molar-refractivity contribution in [3.63, 3.8) is 0 Å². The highest BCUT2D eigenvalue weighted by Gasteiger charge is 2.19. The van der Waals surface area contributed by atoms with E-state index >= 15 is 0 Å². The molecule has 0 saturated heterocycles. The first kappa shape index (κ1) is 64.8. The van der Waals surface area contributed by atoms with Crippen molar-refractivity contribution in [1.82, 2.24) is 0 Å². The normalized spacial score (nSPS) is 12.6. The van der Waals surface area contributed by atoms with Crippen LogP contribution in [0, 0.1) is 0 Å². The van der Waals surface area contributed by atoms with E-state index in [1.54, 1.807) is 0 Å². The second-order valence-electron chi connectivity index (χ2n) is 19.2. The van der Waals surface area contributed by atoms with Gasteiger partial charge in [0.2, 0.25) is 0 Å². The first-order valence-corrected chi connectivity index (χ1v) is 28.9. The Kier molecular flexibility index (Phi) is 53.8. The van der Waals surface area contributed by atoms with E-state index in [2.05, 4.69) is 93.7 Å². The number of rotatable bonds is 52. The quantitative estimate of drug-likeness (QED) is 0.0262. The van der Waals surface area contributed by atoms with Gasteiger partial charge >= 0.3 is 17.9 Å². The molecular formula is C62H108O6. The maximum absolute atomic E-state index is 12.9. The number of carbonyl (C=O) groups is 3. The van der Waals surface area contributed by atoms with Crippen LogP contribution in [-0.2, 0) is 28.6 Å². The summed E-state index contributed by atoms with van der Waals surface area (Å²) in [5.74, 6) is -0.911. The van der Waals surface area contributed by atoms with Crippen molar-refractivity contribution in [2.75, 3.05) is 13.2 Å². The highest BCUT2D eigenvalue weighted by molar-refractivity contribution is 5.71. The molecule has 6 heteroatoms. The molecule has 0 aromatic heterocycles. The smallest absolute Gasteiger partial charge is 0.306 e. The topological polar surface area (TPSA) is 78.9 Å². The minimum Gasteiger partial charge on any atom is -0.462 e. The van der Waals surface area contributed by atoms with Crippen molar-refractivity contribution in [1.29, 1.82) is 0 Å². The average Bonchev–Trinajstić information content (AvgIpc) is 3.34. The van der Waals surface area contributed by atoms with Gasteiger partial charge in [-0.05, 0) is 89.9 Å². The van der Waals surface area contributed by atoms with Crippen LogP contribution in [0.2, 0.25) is 0 Å². The highest BCUT2D eigenvalue weighted by atomic mass is 16.6. The standard InChI is InChI=1S/C62H108O6/c1-4-7-10-13-16-19-22-25-27-29-31-33-35-37-40-43-46-49-52-55-61(64)67-58-59(57-66-60(63)54-51-48-45-42-39-24-21-18-15-12-9-6-3)68-62(65)56-53-50-47-44-41-38-36-34-32-30-28-26-23-20-17-14-11-8-5-2/h7,10,16,19,25-28,31,33,37,40,59H,4-6,8-9,11-15,17-18,20-24,29-30,32,34-36,38-39,41-58H2,1-3H3/b10-7-,19-16-,27-25-,28-26-,33-31-,40-37-. The zero-order valence-electron chi connectivity index (χ0n) is 44.9. The van der Waals surface area contributed by atoms with Gasteiger partial charge in [-0.15, -0.1) is 0 Å². The van der Waals surface area contributed by atoms with Gasteiger partial charge < -0.3 is 14.2 Å². The lowest BCUT2D eigenvalue weighted by Gasteiger charge is -2.18. The zero-order valence-corrected chi connectivity index (χ0v) is 44.9. The number of carbonyl (C=O) groups excluding carboxylic acids is 3. The third kappa shape index (κ3) is 53.8. The maximum atomic E-state index is 12.9. The van der Waals surface area contributed by atoms with Gasteiger partial charge in [0.15, 0.2) is 6.10 Å². The van der Waals surface area contributed by atoms with E-state index in [9.17, 15) is 14.4 Å². The highest BCUT2D eigenvalue weighted by Crippen LogP contribution is 2.16. The van der Waals surface area contributed by atoms with Gasteiger partial charge in [0, 0.05) is 19.3 Å². The number of allylic oxidation sites excluding steroid dienone is 12. The number of hydrogen-bond donors (Lipinski definition) is 0. The van der Waals surface area contributed by atoms with E-state index in [0.29, 0.717) is 19.3 Å². The number of hydrogen-bond acceptors (Lipinski definition) is 6. The summed E-state index contributed by atoms with van der Waals surface area (Å²) in [6.07, 6.45) is 71.8. The van der Waals surface area contributed by atoms with Crippen LogP contribution in [0.25, 0.3) is 0 Å². The molecule has 0 radical (unpaired) electrons. The number of esters is 3. The molecule has 0 aromatic carbocycles. The molecular weight excluding hydrogens is 841 g/mol. The molecule has 0 N–H and O–H groups in total. The first-order valence-electron chi connectivity index (χ1n) is 28.9. The van der Waals surface area contributed by atoms with Crippen molar-refractivity contribution < 1.29 is 28.6 Å². The van der Waals surface area contributed by atoms with Crippen molar-refractivity contribution in [2.45, 2.75) is 290 Å². The summed E-state index contributed by atoms with van der Waals surface area (Å²) in [6, 6.07) is 0. The lowest BCUT2D eigenvalue weighted by Crippen LogP contribution is -2.30. The number of ether oxygens (including phenoxy) is 3. The van der Waals surface area contributed by atoms with Gasteiger partial charge in [-0.25, -0.2) is 0 Å². The van der Waals surface area contributed by atoms with E-state index in [1.807, 2.05) is 0 Å². The molecule has 0 aliphatic rings. The van der Waals surface area contributed by atoms with Crippen LogP contribution in [-0.4, -0.2) is 37.2 Å². The van der Waals surface area contributed by atoms with Gasteiger partial charge in [0.1, 0.15) is 13.2 Å². The molecule has 68 heavy (non-hydrogen) atoms. The van der Waals surface area contributed by atoms with Crippen molar-refractivity contribution in [3.05, 3.63) is 72.9 Å². The zero-order chi connectivity index (χ0) is 49.3. The summed E-state index contributed by atoms with van der Waals surface area (Å²) in [5.41, 5.74) is 0. The Morgan fingerprint density at radius 2 is 0.574 bits per heavy atom. The van der Waals surface area contributed by atoms with Crippen LogP contribution in [0.15, 0.2) is 72.9 Å². The van der Waals surface area contributed by atoms with E-state index in [1.165, 1.54) is 148 Å². The van der Waals surface area contributed by atoms with Crippen LogP contribution in [0.4, 0.5) is 0 Å². The van der Waals surface area contributed by atoms with Crippen LogP contribution in [0.5, 0.6) is 0 Å². The largest absolute Gasteiger partial charge is 0.462 e. The summed E-state index contributed by atoms with van der Waals surface area (Å²) in [4.78, 5) is 38.1. The van der Waals surface area contributed by atoms with Gasteiger partial charge in [-0.2, -0.15) is 0 Å². The fourth-order valence-corrected chi connectivity index (χ4v) is 8.11. The summed E-state index contributed by atoms with van der Waals surface area (Å²) < 4.78 is 16.8. The fourth-order valence-electron chi connectivity index (χ4n) is 8.11. The Morgan fingerprint density at radius 1 is 0.309 bits per heavy atom. The van der Waals surface area contributed by atoms with E-state index < -0.39 is 6.10 Å². The van der Waals surface area contributed by atoms with Gasteiger partial charge in [0.25, 0.3) is 0 Å². The predicted octanol–water partition coefficient (Wildman–Crippen LogP) is 19.4. The molecule has 0 aromatic rings. The second kappa shape index (κ2) is 56.4. The lowest BCUT2D eigenvalue weighted by atomic mass is 10.0. The van der Waals surface area contributed by atoms with Crippen LogP contribution >= 0.6 is 0 Å². The molecule has 0 heterocycles. The monoisotopic (exact) mass is 949 g/mol. The van der Waals surface area contributed by atoms with E-state index in [0.717, 1.165) is 96.3 Å². The Morgan fingerprint density at radius 3 is 0.926 bits per heavy atom. The van der Waals surface area contributed by atoms with Crippen LogP contribution < -0.4 is 0 Å². The molecule has 6 nitrogen and oxygen atoms in total. The maximum Gasteiger partial charge on any atom is 0.306 e. The molecule has 0 aliphatic heterocycles. The van der Waals surface area contributed by atoms with Gasteiger partial charge in [-0.3, -0.25) is 14.4 Å². The van der Waals surface area contributed by atoms with Gasteiger partial charge in [0.05, 0.1) is 0 Å².